The largest absolute Gasteiger partial charge is 0.467 e. The lowest BCUT2D eigenvalue weighted by atomic mass is 10.5. The lowest BCUT2D eigenvalue weighted by molar-refractivity contribution is -0.126. The van der Waals surface area contributed by atoms with Crippen molar-refractivity contribution in [1.82, 2.24) is 5.32 Å². The van der Waals surface area contributed by atoms with Crippen LogP contribution in [0.25, 0.3) is 0 Å². The summed E-state index contributed by atoms with van der Waals surface area (Å²) in [5, 5.41) is 2.58. The molecule has 1 atom stereocenters. The van der Waals surface area contributed by atoms with Crippen LogP contribution in [0, 0.1) is 0 Å². The predicted octanol–water partition coefficient (Wildman–Crippen LogP) is -1.11. The summed E-state index contributed by atoms with van der Waals surface area (Å²) in [7, 11) is 0. The highest BCUT2D eigenvalue weighted by Crippen LogP contribution is 1.93. The molecule has 3 N–H and O–H groups in total. The number of rotatable bonds is 1. The summed E-state index contributed by atoms with van der Waals surface area (Å²) in [6.45, 7) is 0. The number of hydrogen-bond acceptors (Lipinski definition) is 3. The fourth-order valence-corrected chi connectivity index (χ4v) is 0.433. The Morgan fingerprint density at radius 1 is 1.88 bits per heavy atom. The quantitative estimate of drug-likeness (QED) is 0.454. The Morgan fingerprint density at radius 2 is 2.62 bits per heavy atom. The average molecular weight is 114 g/mol. The molecule has 1 aliphatic heterocycles. The number of carbonyl (C=O) groups is 1. The lowest BCUT2D eigenvalue weighted by Crippen LogP contribution is -2.36. The second-order valence-electron chi connectivity index (χ2n) is 1.39. The van der Waals surface area contributed by atoms with Crippen LogP contribution in [-0.2, 0) is 9.53 Å². The third kappa shape index (κ3) is 0.726. The van der Waals surface area contributed by atoms with E-state index in [4.69, 9.17) is 5.73 Å². The molecule has 4 heteroatoms. The highest BCUT2D eigenvalue weighted by atomic mass is 16.5. The van der Waals surface area contributed by atoms with Gasteiger partial charge in [-0.15, -0.1) is 0 Å². The Kier molecular flexibility index (Phi) is 1.07. The van der Waals surface area contributed by atoms with E-state index in [2.05, 4.69) is 10.1 Å². The van der Waals surface area contributed by atoms with Gasteiger partial charge in [0.25, 0.3) is 5.91 Å². The van der Waals surface area contributed by atoms with Crippen LogP contribution in [0.4, 0.5) is 0 Å². The summed E-state index contributed by atoms with van der Waals surface area (Å²) >= 11 is 0. The van der Waals surface area contributed by atoms with Crippen molar-refractivity contribution in [2.75, 3.05) is 0 Å². The van der Waals surface area contributed by atoms with Crippen LogP contribution in [0.2, 0.25) is 0 Å². The zero-order valence-corrected chi connectivity index (χ0v) is 4.13. The first-order chi connectivity index (χ1) is 3.80. The molecule has 0 spiro atoms. The van der Waals surface area contributed by atoms with Gasteiger partial charge >= 0.3 is 0 Å². The number of amides is 1. The van der Waals surface area contributed by atoms with E-state index in [1.807, 2.05) is 0 Å². The SMILES string of the molecule is NC(=O)C1NC=CO1. The summed E-state index contributed by atoms with van der Waals surface area (Å²) in [5.41, 5.74) is 4.83. The minimum atomic E-state index is -0.657. The molecule has 1 aliphatic rings. The number of nitrogens with one attached hydrogen (secondary N) is 1. The Balaban J connectivity index is 2.41. The van der Waals surface area contributed by atoms with Gasteiger partial charge in [0, 0.05) is 6.20 Å². The third-order valence-electron chi connectivity index (χ3n) is 0.789. The lowest BCUT2D eigenvalue weighted by Gasteiger charge is -2.03. The van der Waals surface area contributed by atoms with Gasteiger partial charge in [0.05, 0.1) is 0 Å². The summed E-state index contributed by atoms with van der Waals surface area (Å²) in [6, 6.07) is 0. The molecule has 0 aromatic heterocycles. The third-order valence-corrected chi connectivity index (χ3v) is 0.789. The summed E-state index contributed by atoms with van der Waals surface area (Å²) < 4.78 is 4.65. The highest BCUT2D eigenvalue weighted by molar-refractivity contribution is 5.78. The zero-order chi connectivity index (χ0) is 5.98. The molecular weight excluding hydrogens is 108 g/mol. The monoisotopic (exact) mass is 114 g/mol. The van der Waals surface area contributed by atoms with Crippen molar-refractivity contribution in [2.45, 2.75) is 6.23 Å². The normalized spacial score (nSPS) is 24.2. The Morgan fingerprint density at radius 3 is 2.88 bits per heavy atom. The van der Waals surface area contributed by atoms with Crippen molar-refractivity contribution in [3.05, 3.63) is 12.5 Å². The molecule has 0 saturated heterocycles. The second-order valence-corrected chi connectivity index (χ2v) is 1.39. The predicted molar refractivity (Wildman–Crippen MR) is 26.3 cm³/mol. The van der Waals surface area contributed by atoms with Gasteiger partial charge in [0.15, 0.2) is 0 Å². The first kappa shape index (κ1) is 4.96. The molecule has 0 radical (unpaired) electrons. The standard InChI is InChI=1S/C4H6N2O2/c5-3(7)4-6-1-2-8-4/h1-2,4,6H,(H2,5,7). The van der Waals surface area contributed by atoms with Crippen LogP contribution in [0.1, 0.15) is 0 Å². The molecular formula is C4H6N2O2. The van der Waals surface area contributed by atoms with E-state index in [9.17, 15) is 4.79 Å². The van der Waals surface area contributed by atoms with Gasteiger partial charge in [-0.25, -0.2) is 0 Å². The summed E-state index contributed by atoms with van der Waals surface area (Å²) in [4.78, 5) is 10.2. The van der Waals surface area contributed by atoms with Gasteiger partial charge in [0.1, 0.15) is 6.26 Å². The van der Waals surface area contributed by atoms with E-state index in [1.54, 1.807) is 0 Å². The van der Waals surface area contributed by atoms with Gasteiger partial charge < -0.3 is 15.8 Å². The van der Waals surface area contributed by atoms with Gasteiger partial charge in [-0.2, -0.15) is 0 Å². The van der Waals surface area contributed by atoms with Crippen molar-refractivity contribution in [3.63, 3.8) is 0 Å². The fraction of sp³-hybridized carbons (Fsp3) is 0.250. The number of primary amides is 1. The van der Waals surface area contributed by atoms with E-state index >= 15 is 0 Å². The van der Waals surface area contributed by atoms with Crippen molar-refractivity contribution < 1.29 is 9.53 Å². The van der Waals surface area contributed by atoms with E-state index in [1.165, 1.54) is 12.5 Å². The molecule has 0 aromatic rings. The second kappa shape index (κ2) is 1.73. The van der Waals surface area contributed by atoms with Gasteiger partial charge in [-0.1, -0.05) is 0 Å². The number of carbonyl (C=O) groups excluding carboxylic acids is 1. The van der Waals surface area contributed by atoms with Crippen LogP contribution >= 0.6 is 0 Å². The molecule has 1 unspecified atom stereocenters. The average Bonchev–Trinajstić information content (AvgIpc) is 2.12. The topological polar surface area (TPSA) is 64.4 Å². The minimum absolute atomic E-state index is 0.505. The number of nitrogens with two attached hydrogens (primary N) is 1. The van der Waals surface area contributed by atoms with Crippen LogP contribution in [0.15, 0.2) is 12.5 Å². The van der Waals surface area contributed by atoms with Crippen molar-refractivity contribution in [1.29, 1.82) is 0 Å². The Labute approximate surface area is 46.3 Å². The fourth-order valence-electron chi connectivity index (χ4n) is 0.433. The molecule has 4 nitrogen and oxygen atoms in total. The molecule has 0 aliphatic carbocycles. The molecule has 0 aromatic carbocycles. The van der Waals surface area contributed by atoms with E-state index in [0.29, 0.717) is 0 Å². The summed E-state index contributed by atoms with van der Waals surface area (Å²) in [5.74, 6) is -0.505. The zero-order valence-electron chi connectivity index (χ0n) is 4.13. The van der Waals surface area contributed by atoms with Crippen molar-refractivity contribution in [3.8, 4) is 0 Å². The summed E-state index contributed by atoms with van der Waals surface area (Å²) in [6.07, 6.45) is 2.25. The van der Waals surface area contributed by atoms with Gasteiger partial charge in [-0.05, 0) is 0 Å². The van der Waals surface area contributed by atoms with Crippen molar-refractivity contribution >= 4 is 5.91 Å². The van der Waals surface area contributed by atoms with Crippen LogP contribution in [-0.4, -0.2) is 12.1 Å². The van der Waals surface area contributed by atoms with Crippen LogP contribution < -0.4 is 11.1 Å². The maximum atomic E-state index is 10.2. The van der Waals surface area contributed by atoms with Crippen LogP contribution in [0.5, 0.6) is 0 Å². The molecule has 1 rings (SSSR count). The highest BCUT2D eigenvalue weighted by Gasteiger charge is 2.15. The molecule has 0 saturated carbocycles. The minimum Gasteiger partial charge on any atom is -0.467 e. The van der Waals surface area contributed by atoms with E-state index < -0.39 is 12.1 Å². The van der Waals surface area contributed by atoms with Crippen LogP contribution in [0.3, 0.4) is 0 Å². The van der Waals surface area contributed by atoms with Crippen molar-refractivity contribution in [2.24, 2.45) is 5.73 Å². The maximum absolute atomic E-state index is 10.2. The first-order valence-corrected chi connectivity index (χ1v) is 2.16. The molecule has 1 heterocycles. The molecule has 1 amide bonds. The molecule has 44 valence electrons. The maximum Gasteiger partial charge on any atom is 0.279 e. The number of ether oxygens (including phenoxy) is 1. The number of hydrogen-bond donors (Lipinski definition) is 2. The smallest absolute Gasteiger partial charge is 0.279 e. The first-order valence-electron chi connectivity index (χ1n) is 2.16. The van der Waals surface area contributed by atoms with Gasteiger partial charge in [-0.3, -0.25) is 4.79 Å². The van der Waals surface area contributed by atoms with Gasteiger partial charge in [0.2, 0.25) is 6.23 Å². The molecule has 8 heavy (non-hydrogen) atoms. The molecule has 0 fully saturated rings. The van der Waals surface area contributed by atoms with E-state index in [-0.39, 0.29) is 0 Å². The Hall–Kier alpha value is -1.19. The Bertz CT molecular complexity index is 124. The van der Waals surface area contributed by atoms with E-state index in [0.717, 1.165) is 0 Å². The molecule has 0 bridgehead atoms.